The number of carbonyl (C=O) groups excluding carboxylic acids is 2. The lowest BCUT2D eigenvalue weighted by molar-refractivity contribution is -0.122. The summed E-state index contributed by atoms with van der Waals surface area (Å²) >= 11 is 5.36. The number of hydrogen-bond acceptors (Lipinski definition) is 3. The van der Waals surface area contributed by atoms with Crippen LogP contribution in [0.15, 0.2) is 54.1 Å². The molecular weight excluding hydrogens is 454 g/mol. The number of nitrogens with zero attached hydrogens (tertiary/aromatic N) is 2. The molecule has 0 spiro atoms. The molecule has 3 aromatic rings. The summed E-state index contributed by atoms with van der Waals surface area (Å²) in [4.78, 5) is 27.7. The molecule has 2 heterocycles. The number of benzene rings is 2. The molecule has 1 aliphatic rings. The minimum Gasteiger partial charge on any atom is -0.318 e. The monoisotopic (exact) mass is 485 g/mol. The summed E-state index contributed by atoms with van der Waals surface area (Å²) < 4.78 is 2.15. The molecule has 2 amide bonds. The van der Waals surface area contributed by atoms with Crippen molar-refractivity contribution in [2.45, 2.75) is 53.9 Å². The molecule has 1 N–H and O–H groups in total. The van der Waals surface area contributed by atoms with Crippen LogP contribution < -0.4 is 10.2 Å². The Morgan fingerprint density at radius 2 is 1.57 bits per heavy atom. The van der Waals surface area contributed by atoms with Crippen LogP contribution in [0.2, 0.25) is 0 Å². The number of aryl methyl sites for hydroxylation is 4. The standard InChI is InChI=1S/C29H31N3O2S/c1-6-7-8-22-9-11-24(12-10-22)32-28(34)26(27(33)30-29(32)35)17-23-16-20(4)31(21(23)5)25-14-18(2)13-19(3)15-25/h9-17H,6-8H2,1-5H3,(H,30,33,35). The molecule has 0 bridgehead atoms. The molecule has 6 heteroatoms. The van der Waals surface area contributed by atoms with E-state index in [2.05, 4.69) is 48.9 Å². The Balaban J connectivity index is 1.70. The van der Waals surface area contributed by atoms with E-state index in [1.54, 1.807) is 6.08 Å². The van der Waals surface area contributed by atoms with Gasteiger partial charge in [0.1, 0.15) is 5.57 Å². The van der Waals surface area contributed by atoms with Crippen LogP contribution >= 0.6 is 12.2 Å². The predicted molar refractivity (Wildman–Crippen MR) is 146 cm³/mol. The number of rotatable bonds is 6. The first-order valence-electron chi connectivity index (χ1n) is 12.0. The molecule has 2 aromatic carbocycles. The summed E-state index contributed by atoms with van der Waals surface area (Å²) in [5, 5.41) is 2.78. The quantitative estimate of drug-likeness (QED) is 0.269. The molecule has 0 saturated carbocycles. The summed E-state index contributed by atoms with van der Waals surface area (Å²) in [5.74, 6) is -0.900. The number of hydrogen-bond donors (Lipinski definition) is 1. The van der Waals surface area contributed by atoms with E-state index >= 15 is 0 Å². The molecule has 0 radical (unpaired) electrons. The lowest BCUT2D eigenvalue weighted by Gasteiger charge is -2.29. The van der Waals surface area contributed by atoms with Gasteiger partial charge < -0.3 is 4.57 Å². The summed E-state index contributed by atoms with van der Waals surface area (Å²) in [5.41, 5.74) is 8.15. The maximum Gasteiger partial charge on any atom is 0.270 e. The number of nitrogens with one attached hydrogen (secondary N) is 1. The van der Waals surface area contributed by atoms with Gasteiger partial charge in [-0.3, -0.25) is 19.8 Å². The fraction of sp³-hybridized carbons (Fsp3) is 0.276. The van der Waals surface area contributed by atoms with Crippen molar-refractivity contribution in [3.05, 3.63) is 87.7 Å². The molecule has 0 atom stereocenters. The molecule has 0 aliphatic carbocycles. The number of anilines is 1. The Kier molecular flexibility index (Phi) is 7.03. The third-order valence-electron chi connectivity index (χ3n) is 6.35. The first-order chi connectivity index (χ1) is 16.7. The van der Waals surface area contributed by atoms with Crippen LogP contribution in [0.1, 0.15) is 53.4 Å². The molecule has 1 fully saturated rings. The van der Waals surface area contributed by atoms with E-state index in [1.165, 1.54) is 21.6 Å². The second-order valence-corrected chi connectivity index (χ2v) is 9.62. The Hall–Kier alpha value is -3.51. The van der Waals surface area contributed by atoms with Gasteiger partial charge in [0.2, 0.25) is 0 Å². The Morgan fingerprint density at radius 1 is 0.914 bits per heavy atom. The molecule has 1 aliphatic heterocycles. The van der Waals surface area contributed by atoms with E-state index < -0.39 is 11.8 Å². The molecule has 1 saturated heterocycles. The maximum absolute atomic E-state index is 13.5. The molecule has 35 heavy (non-hydrogen) atoms. The fourth-order valence-corrected chi connectivity index (χ4v) is 4.93. The van der Waals surface area contributed by atoms with Crippen molar-refractivity contribution in [1.82, 2.24) is 9.88 Å². The van der Waals surface area contributed by atoms with E-state index in [0.29, 0.717) is 5.69 Å². The smallest absolute Gasteiger partial charge is 0.270 e. The number of thiocarbonyl (C=S) groups is 1. The van der Waals surface area contributed by atoms with Crippen LogP contribution in [0.3, 0.4) is 0 Å². The van der Waals surface area contributed by atoms with Crippen molar-refractivity contribution in [2.75, 3.05) is 4.90 Å². The van der Waals surface area contributed by atoms with E-state index in [4.69, 9.17) is 12.2 Å². The number of carbonyl (C=O) groups is 2. The molecule has 5 nitrogen and oxygen atoms in total. The third-order valence-corrected chi connectivity index (χ3v) is 6.63. The van der Waals surface area contributed by atoms with E-state index in [-0.39, 0.29) is 10.7 Å². The minimum absolute atomic E-state index is 0.0642. The predicted octanol–water partition coefficient (Wildman–Crippen LogP) is 5.88. The molecule has 180 valence electrons. The number of amides is 2. The van der Waals surface area contributed by atoms with Crippen LogP contribution in [0.4, 0.5) is 5.69 Å². The van der Waals surface area contributed by atoms with Crippen molar-refractivity contribution in [3.63, 3.8) is 0 Å². The van der Waals surface area contributed by atoms with Gasteiger partial charge in [0, 0.05) is 17.1 Å². The first kappa shape index (κ1) is 24.6. The molecule has 0 unspecified atom stereocenters. The topological polar surface area (TPSA) is 54.3 Å². The van der Waals surface area contributed by atoms with Gasteiger partial charge in [0.25, 0.3) is 11.8 Å². The van der Waals surface area contributed by atoms with E-state index in [0.717, 1.165) is 41.9 Å². The van der Waals surface area contributed by atoms with Crippen molar-refractivity contribution in [2.24, 2.45) is 0 Å². The van der Waals surface area contributed by atoms with E-state index in [1.807, 2.05) is 44.2 Å². The lowest BCUT2D eigenvalue weighted by Crippen LogP contribution is -2.54. The van der Waals surface area contributed by atoms with Crippen LogP contribution in [0, 0.1) is 27.7 Å². The normalized spacial score (nSPS) is 15.2. The zero-order valence-corrected chi connectivity index (χ0v) is 21.8. The number of unbranched alkanes of at least 4 members (excludes halogenated alkanes) is 1. The third kappa shape index (κ3) is 4.98. The minimum atomic E-state index is -0.480. The maximum atomic E-state index is 13.5. The van der Waals surface area contributed by atoms with Gasteiger partial charge in [-0.1, -0.05) is 31.5 Å². The average molecular weight is 486 g/mol. The highest BCUT2D eigenvalue weighted by Crippen LogP contribution is 2.27. The lowest BCUT2D eigenvalue weighted by atomic mass is 10.1. The van der Waals surface area contributed by atoms with Gasteiger partial charge in [0.05, 0.1) is 5.69 Å². The average Bonchev–Trinajstić information content (AvgIpc) is 3.08. The van der Waals surface area contributed by atoms with Gasteiger partial charge in [-0.2, -0.15) is 0 Å². The van der Waals surface area contributed by atoms with Crippen LogP contribution in [-0.4, -0.2) is 21.5 Å². The van der Waals surface area contributed by atoms with Crippen molar-refractivity contribution in [3.8, 4) is 5.69 Å². The summed E-state index contributed by atoms with van der Waals surface area (Å²) in [6, 6.07) is 16.2. The summed E-state index contributed by atoms with van der Waals surface area (Å²) in [7, 11) is 0. The zero-order chi connectivity index (χ0) is 25.3. The van der Waals surface area contributed by atoms with Crippen molar-refractivity contribution in [1.29, 1.82) is 0 Å². The van der Waals surface area contributed by atoms with Crippen LogP contribution in [0.5, 0.6) is 0 Å². The highest BCUT2D eigenvalue weighted by Gasteiger charge is 2.34. The first-order valence-corrected chi connectivity index (χ1v) is 12.4. The molecule has 1 aromatic heterocycles. The number of aromatic nitrogens is 1. The second-order valence-electron chi connectivity index (χ2n) is 9.24. The van der Waals surface area contributed by atoms with Gasteiger partial charge in [0.15, 0.2) is 5.11 Å². The van der Waals surface area contributed by atoms with Gasteiger partial charge in [-0.15, -0.1) is 0 Å². The largest absolute Gasteiger partial charge is 0.318 e. The molecular formula is C29H31N3O2S. The van der Waals surface area contributed by atoms with Crippen LogP contribution in [-0.2, 0) is 16.0 Å². The summed E-state index contributed by atoms with van der Waals surface area (Å²) in [6.45, 7) is 10.3. The van der Waals surface area contributed by atoms with Gasteiger partial charge in [-0.05, 0) is 111 Å². The molecule has 4 rings (SSSR count). The van der Waals surface area contributed by atoms with Gasteiger partial charge >= 0.3 is 0 Å². The Bertz CT molecular complexity index is 1330. The summed E-state index contributed by atoms with van der Waals surface area (Å²) in [6.07, 6.45) is 4.90. The Morgan fingerprint density at radius 3 is 2.20 bits per heavy atom. The van der Waals surface area contributed by atoms with Crippen molar-refractivity contribution < 1.29 is 9.59 Å². The zero-order valence-electron chi connectivity index (χ0n) is 20.9. The second kappa shape index (κ2) is 10.0. The highest BCUT2D eigenvalue weighted by atomic mass is 32.1. The van der Waals surface area contributed by atoms with E-state index in [9.17, 15) is 9.59 Å². The fourth-order valence-electron chi connectivity index (χ4n) is 4.65. The van der Waals surface area contributed by atoms with Gasteiger partial charge in [-0.25, -0.2) is 0 Å². The van der Waals surface area contributed by atoms with Crippen LogP contribution in [0.25, 0.3) is 11.8 Å². The highest BCUT2D eigenvalue weighted by molar-refractivity contribution is 7.80. The SMILES string of the molecule is CCCCc1ccc(N2C(=O)C(=Cc3cc(C)n(-c4cc(C)cc(C)c4)c3C)C(=O)NC2=S)cc1. The van der Waals surface area contributed by atoms with Crippen molar-refractivity contribution >= 4 is 40.9 Å². The Labute approximate surface area is 212 Å².